The van der Waals surface area contributed by atoms with Crippen molar-refractivity contribution in [2.24, 2.45) is 7.05 Å². The maximum Gasteiger partial charge on any atom is 0.268 e. The lowest BCUT2D eigenvalue weighted by atomic mass is 10.4. The molecule has 0 aliphatic rings. The van der Waals surface area contributed by atoms with Crippen LogP contribution < -0.4 is 11.1 Å². The number of aromatic nitrogens is 2. The van der Waals surface area contributed by atoms with Crippen molar-refractivity contribution >= 4 is 11.6 Å². The number of rotatable bonds is 4. The number of nitrogen functional groups attached to an aromatic ring is 1. The molecule has 0 unspecified atom stereocenters. The first kappa shape index (κ1) is 12.2. The van der Waals surface area contributed by atoms with Gasteiger partial charge in [-0.2, -0.15) is 0 Å². The van der Waals surface area contributed by atoms with Gasteiger partial charge in [0.15, 0.2) is 0 Å². The highest BCUT2D eigenvalue weighted by molar-refractivity contribution is 5.93. The minimum atomic E-state index is -0.203. The third-order valence-corrected chi connectivity index (χ3v) is 2.61. The molecular formula is C12H16N4O2. The number of hydrogen-bond acceptors (Lipinski definition) is 4. The molecule has 6 heteroatoms. The van der Waals surface area contributed by atoms with Gasteiger partial charge in [0.05, 0.1) is 18.4 Å². The smallest absolute Gasteiger partial charge is 0.268 e. The fraction of sp³-hybridized carbons (Fsp3) is 0.333. The standard InChI is InChI=1S/C12H16N4O2/c1-3-9-5-14-11(18-9)6-15-12(17)10-4-8(13)7-16(10)2/h4-5,7H,3,6,13H2,1-2H3,(H,15,17). The number of aryl methyl sites for hydroxylation is 2. The van der Waals surface area contributed by atoms with Gasteiger partial charge < -0.3 is 20.0 Å². The van der Waals surface area contributed by atoms with E-state index < -0.39 is 0 Å². The zero-order valence-electron chi connectivity index (χ0n) is 10.4. The first-order valence-corrected chi connectivity index (χ1v) is 5.73. The van der Waals surface area contributed by atoms with Gasteiger partial charge in [0, 0.05) is 19.7 Å². The van der Waals surface area contributed by atoms with Crippen molar-refractivity contribution in [1.82, 2.24) is 14.9 Å². The van der Waals surface area contributed by atoms with E-state index in [1.165, 1.54) is 0 Å². The van der Waals surface area contributed by atoms with Crippen molar-refractivity contribution in [3.8, 4) is 0 Å². The summed E-state index contributed by atoms with van der Waals surface area (Å²) < 4.78 is 7.08. The van der Waals surface area contributed by atoms with Crippen LogP contribution in [0.25, 0.3) is 0 Å². The van der Waals surface area contributed by atoms with E-state index in [2.05, 4.69) is 10.3 Å². The lowest BCUT2D eigenvalue weighted by molar-refractivity contribution is 0.0939. The molecule has 0 aliphatic heterocycles. The molecule has 3 N–H and O–H groups in total. The molecule has 0 radical (unpaired) electrons. The molecule has 2 aromatic rings. The molecule has 96 valence electrons. The molecule has 0 saturated carbocycles. The van der Waals surface area contributed by atoms with E-state index in [9.17, 15) is 4.79 Å². The molecule has 6 nitrogen and oxygen atoms in total. The predicted octanol–water partition coefficient (Wildman–Crippen LogP) is 1.09. The fourth-order valence-electron chi connectivity index (χ4n) is 1.66. The highest BCUT2D eigenvalue weighted by atomic mass is 16.4. The van der Waals surface area contributed by atoms with Crippen LogP contribution in [-0.4, -0.2) is 15.5 Å². The van der Waals surface area contributed by atoms with Crippen LogP contribution >= 0.6 is 0 Å². The Morgan fingerprint density at radius 2 is 2.39 bits per heavy atom. The lowest BCUT2D eigenvalue weighted by Gasteiger charge is -2.03. The Kier molecular flexibility index (Phi) is 3.36. The van der Waals surface area contributed by atoms with Gasteiger partial charge in [-0.15, -0.1) is 0 Å². The third-order valence-electron chi connectivity index (χ3n) is 2.61. The minimum Gasteiger partial charge on any atom is -0.444 e. The van der Waals surface area contributed by atoms with Crippen molar-refractivity contribution in [3.63, 3.8) is 0 Å². The van der Waals surface area contributed by atoms with Gasteiger partial charge in [0.25, 0.3) is 5.91 Å². The summed E-state index contributed by atoms with van der Waals surface area (Å²) in [4.78, 5) is 15.9. The van der Waals surface area contributed by atoms with Crippen LogP contribution in [0.1, 0.15) is 29.1 Å². The maximum absolute atomic E-state index is 11.9. The molecule has 0 bridgehead atoms. The molecule has 1 amide bonds. The molecule has 0 aliphatic carbocycles. The average Bonchev–Trinajstić information content (AvgIpc) is 2.92. The largest absolute Gasteiger partial charge is 0.444 e. The van der Waals surface area contributed by atoms with Crippen molar-refractivity contribution < 1.29 is 9.21 Å². The van der Waals surface area contributed by atoms with Gasteiger partial charge in [0.1, 0.15) is 11.5 Å². The Bertz CT molecular complexity index is 556. The van der Waals surface area contributed by atoms with Crippen molar-refractivity contribution in [2.45, 2.75) is 19.9 Å². The quantitative estimate of drug-likeness (QED) is 0.848. The number of nitrogens with one attached hydrogen (secondary N) is 1. The van der Waals surface area contributed by atoms with Gasteiger partial charge in [-0.1, -0.05) is 6.92 Å². The Morgan fingerprint density at radius 1 is 1.61 bits per heavy atom. The van der Waals surface area contributed by atoms with E-state index in [1.54, 1.807) is 30.1 Å². The van der Waals surface area contributed by atoms with Crippen LogP contribution in [0, 0.1) is 0 Å². The molecular weight excluding hydrogens is 232 g/mol. The topological polar surface area (TPSA) is 86.1 Å². The van der Waals surface area contributed by atoms with Crippen LogP contribution in [0.2, 0.25) is 0 Å². The van der Waals surface area contributed by atoms with Crippen molar-refractivity contribution in [2.75, 3.05) is 5.73 Å². The molecule has 2 rings (SSSR count). The third kappa shape index (κ3) is 2.53. The van der Waals surface area contributed by atoms with Crippen molar-refractivity contribution in [1.29, 1.82) is 0 Å². The van der Waals surface area contributed by atoms with Crippen LogP contribution in [0.4, 0.5) is 5.69 Å². The summed E-state index contributed by atoms with van der Waals surface area (Å²) in [6.07, 6.45) is 4.15. The first-order valence-electron chi connectivity index (χ1n) is 5.73. The SMILES string of the molecule is CCc1cnc(CNC(=O)c2cc(N)cn2C)o1. The van der Waals surface area contributed by atoms with Crippen LogP contribution in [0.5, 0.6) is 0 Å². The van der Waals surface area contributed by atoms with Gasteiger partial charge in [-0.25, -0.2) is 4.98 Å². The van der Waals surface area contributed by atoms with E-state index in [0.29, 0.717) is 17.3 Å². The summed E-state index contributed by atoms with van der Waals surface area (Å²) in [5.74, 6) is 1.11. The number of nitrogens with two attached hydrogens (primary N) is 1. The minimum absolute atomic E-state index is 0.203. The van der Waals surface area contributed by atoms with Gasteiger partial charge in [-0.05, 0) is 6.07 Å². The normalized spacial score (nSPS) is 10.6. The highest BCUT2D eigenvalue weighted by Gasteiger charge is 2.11. The molecule has 2 aromatic heterocycles. The van der Waals surface area contributed by atoms with E-state index in [4.69, 9.17) is 10.2 Å². The second-order valence-electron chi connectivity index (χ2n) is 4.03. The number of carbonyl (C=O) groups is 1. The Balaban J connectivity index is 1.98. The lowest BCUT2D eigenvalue weighted by Crippen LogP contribution is -2.24. The van der Waals surface area contributed by atoms with E-state index >= 15 is 0 Å². The highest BCUT2D eigenvalue weighted by Crippen LogP contribution is 2.09. The zero-order valence-corrected chi connectivity index (χ0v) is 10.4. The van der Waals surface area contributed by atoms with E-state index in [-0.39, 0.29) is 12.5 Å². The van der Waals surface area contributed by atoms with Crippen LogP contribution in [-0.2, 0) is 20.0 Å². The van der Waals surface area contributed by atoms with Gasteiger partial charge in [0.2, 0.25) is 5.89 Å². The summed E-state index contributed by atoms with van der Waals surface area (Å²) in [6.45, 7) is 2.25. The molecule has 0 aromatic carbocycles. The summed E-state index contributed by atoms with van der Waals surface area (Å²) in [5, 5.41) is 2.74. The number of carbonyl (C=O) groups excluding carboxylic acids is 1. The second-order valence-corrected chi connectivity index (χ2v) is 4.03. The fourth-order valence-corrected chi connectivity index (χ4v) is 1.66. The molecule has 0 fully saturated rings. The summed E-state index contributed by atoms with van der Waals surface area (Å²) in [6, 6.07) is 1.63. The summed E-state index contributed by atoms with van der Waals surface area (Å²) in [7, 11) is 1.77. The molecule has 2 heterocycles. The van der Waals surface area contributed by atoms with Crippen LogP contribution in [0.15, 0.2) is 22.9 Å². The van der Waals surface area contributed by atoms with Gasteiger partial charge >= 0.3 is 0 Å². The number of hydrogen-bond donors (Lipinski definition) is 2. The summed E-state index contributed by atoms with van der Waals surface area (Å²) in [5.41, 5.74) is 6.69. The molecule has 0 saturated heterocycles. The Labute approximate surface area is 105 Å². The predicted molar refractivity (Wildman–Crippen MR) is 66.9 cm³/mol. The van der Waals surface area contributed by atoms with E-state index in [0.717, 1.165) is 12.2 Å². The monoisotopic (exact) mass is 248 g/mol. The zero-order chi connectivity index (χ0) is 13.1. The Hall–Kier alpha value is -2.24. The number of amides is 1. The average molecular weight is 248 g/mol. The molecule has 0 spiro atoms. The number of nitrogens with zero attached hydrogens (tertiary/aromatic N) is 2. The number of oxazole rings is 1. The van der Waals surface area contributed by atoms with E-state index in [1.807, 2.05) is 6.92 Å². The van der Waals surface area contributed by atoms with Crippen molar-refractivity contribution in [3.05, 3.63) is 35.8 Å². The van der Waals surface area contributed by atoms with Gasteiger partial charge in [-0.3, -0.25) is 4.79 Å². The summed E-state index contributed by atoms with van der Waals surface area (Å²) >= 11 is 0. The first-order chi connectivity index (χ1) is 8.60. The van der Waals surface area contributed by atoms with Crippen LogP contribution in [0.3, 0.4) is 0 Å². The molecule has 0 atom stereocenters. The number of anilines is 1. The Morgan fingerprint density at radius 3 is 2.94 bits per heavy atom. The maximum atomic E-state index is 11.9. The second kappa shape index (κ2) is 4.95. The molecule has 18 heavy (non-hydrogen) atoms.